The first-order chi connectivity index (χ1) is 7.63. The fourth-order valence-electron chi connectivity index (χ4n) is 1.23. The molecule has 1 rings (SSSR count). The summed E-state index contributed by atoms with van der Waals surface area (Å²) in [6, 6.07) is 3.48. The molecular formula is C11H16N2O2S. The Kier molecular flexibility index (Phi) is 5.11. The van der Waals surface area contributed by atoms with E-state index in [2.05, 4.69) is 4.98 Å². The van der Waals surface area contributed by atoms with Gasteiger partial charge in [0.1, 0.15) is 5.25 Å². The van der Waals surface area contributed by atoms with Crippen LogP contribution in [0.15, 0.2) is 23.4 Å². The molecule has 1 unspecified atom stereocenters. The van der Waals surface area contributed by atoms with Crippen LogP contribution >= 0.6 is 11.8 Å². The molecule has 1 atom stereocenters. The van der Waals surface area contributed by atoms with Crippen LogP contribution in [0.4, 0.5) is 5.69 Å². The number of aromatic nitrogens is 1. The number of carbonyl (C=O) groups is 1. The second-order valence-electron chi connectivity index (χ2n) is 3.52. The van der Waals surface area contributed by atoms with Gasteiger partial charge in [-0.2, -0.15) is 0 Å². The fraction of sp³-hybridized carbons (Fsp3) is 0.455. The summed E-state index contributed by atoms with van der Waals surface area (Å²) in [6.07, 6.45) is 4.13. The summed E-state index contributed by atoms with van der Waals surface area (Å²) < 4.78 is 0. The van der Waals surface area contributed by atoms with Crippen molar-refractivity contribution < 1.29 is 9.90 Å². The van der Waals surface area contributed by atoms with Crippen LogP contribution in [-0.4, -0.2) is 21.3 Å². The lowest BCUT2D eigenvalue weighted by molar-refractivity contribution is -0.136. The third-order valence-corrected chi connectivity index (χ3v) is 3.32. The van der Waals surface area contributed by atoms with Crippen LogP contribution in [0.25, 0.3) is 0 Å². The van der Waals surface area contributed by atoms with E-state index in [1.54, 1.807) is 18.3 Å². The highest BCUT2D eigenvalue weighted by molar-refractivity contribution is 8.00. The van der Waals surface area contributed by atoms with E-state index in [1.165, 1.54) is 11.8 Å². The minimum absolute atomic E-state index is 0.420. The number of nitrogens with zero attached hydrogens (tertiary/aromatic N) is 1. The second-order valence-corrected chi connectivity index (χ2v) is 4.74. The number of carboxylic acids is 1. The van der Waals surface area contributed by atoms with Crippen LogP contribution in [0.5, 0.6) is 0 Å². The average Bonchev–Trinajstić information content (AvgIpc) is 2.26. The minimum atomic E-state index is -0.780. The van der Waals surface area contributed by atoms with Crippen LogP contribution in [0.3, 0.4) is 0 Å². The van der Waals surface area contributed by atoms with Crippen molar-refractivity contribution in [1.82, 2.24) is 4.98 Å². The lowest BCUT2D eigenvalue weighted by Crippen LogP contribution is -2.16. The molecule has 0 radical (unpaired) electrons. The highest BCUT2D eigenvalue weighted by Crippen LogP contribution is 2.25. The van der Waals surface area contributed by atoms with Crippen LogP contribution in [0, 0.1) is 0 Å². The van der Waals surface area contributed by atoms with Crippen LogP contribution in [0.2, 0.25) is 0 Å². The van der Waals surface area contributed by atoms with Crippen molar-refractivity contribution >= 4 is 23.4 Å². The van der Waals surface area contributed by atoms with Gasteiger partial charge in [-0.15, -0.1) is 0 Å². The summed E-state index contributed by atoms with van der Waals surface area (Å²) in [5.41, 5.74) is 6.10. The van der Waals surface area contributed by atoms with Gasteiger partial charge < -0.3 is 10.8 Å². The summed E-state index contributed by atoms with van der Waals surface area (Å²) >= 11 is 1.28. The van der Waals surface area contributed by atoms with Crippen molar-refractivity contribution in [2.75, 3.05) is 5.73 Å². The summed E-state index contributed by atoms with van der Waals surface area (Å²) in [4.78, 5) is 15.1. The molecule has 0 bridgehead atoms. The number of hydrogen-bond acceptors (Lipinski definition) is 4. The molecule has 1 aromatic rings. The SMILES string of the molecule is CCCCC(Sc1ccc(N)cn1)C(=O)O. The van der Waals surface area contributed by atoms with Gasteiger partial charge in [0.05, 0.1) is 16.9 Å². The highest BCUT2D eigenvalue weighted by Gasteiger charge is 2.18. The van der Waals surface area contributed by atoms with Crippen LogP contribution in [0.1, 0.15) is 26.2 Å². The molecule has 5 heteroatoms. The number of nitrogen functional groups attached to an aromatic ring is 1. The van der Waals surface area contributed by atoms with E-state index < -0.39 is 11.2 Å². The maximum absolute atomic E-state index is 11.0. The van der Waals surface area contributed by atoms with E-state index in [0.717, 1.165) is 12.8 Å². The summed E-state index contributed by atoms with van der Waals surface area (Å²) in [6.45, 7) is 2.05. The molecule has 4 nitrogen and oxygen atoms in total. The van der Waals surface area contributed by atoms with Gasteiger partial charge in [0.25, 0.3) is 0 Å². The average molecular weight is 240 g/mol. The third kappa shape index (κ3) is 4.10. The van der Waals surface area contributed by atoms with Crippen molar-refractivity contribution in [1.29, 1.82) is 0 Å². The van der Waals surface area contributed by atoms with E-state index in [4.69, 9.17) is 10.8 Å². The molecule has 0 fully saturated rings. The Bertz CT molecular complexity index is 340. The van der Waals surface area contributed by atoms with Gasteiger partial charge in [-0.3, -0.25) is 4.79 Å². The number of anilines is 1. The molecular weight excluding hydrogens is 224 g/mol. The Morgan fingerprint density at radius 3 is 2.88 bits per heavy atom. The van der Waals surface area contributed by atoms with Gasteiger partial charge in [0.15, 0.2) is 0 Å². The number of nitrogens with two attached hydrogens (primary N) is 1. The van der Waals surface area contributed by atoms with Gasteiger partial charge in [0.2, 0.25) is 0 Å². The zero-order valence-corrected chi connectivity index (χ0v) is 10.0. The smallest absolute Gasteiger partial charge is 0.317 e. The van der Waals surface area contributed by atoms with Crippen LogP contribution in [-0.2, 0) is 4.79 Å². The van der Waals surface area contributed by atoms with Gasteiger partial charge in [-0.1, -0.05) is 31.5 Å². The summed E-state index contributed by atoms with van der Waals surface area (Å²) in [7, 11) is 0. The first-order valence-electron chi connectivity index (χ1n) is 5.24. The molecule has 16 heavy (non-hydrogen) atoms. The van der Waals surface area contributed by atoms with E-state index in [0.29, 0.717) is 17.1 Å². The molecule has 3 N–H and O–H groups in total. The van der Waals surface area contributed by atoms with Crippen molar-refractivity contribution in [2.24, 2.45) is 0 Å². The molecule has 0 saturated heterocycles. The van der Waals surface area contributed by atoms with Crippen molar-refractivity contribution in [3.63, 3.8) is 0 Å². The Balaban J connectivity index is 2.60. The Hall–Kier alpha value is -1.23. The van der Waals surface area contributed by atoms with Crippen molar-refractivity contribution in [2.45, 2.75) is 36.5 Å². The molecule has 0 amide bonds. The number of pyridine rings is 1. The summed E-state index contributed by atoms with van der Waals surface area (Å²) in [5.74, 6) is -0.780. The lowest BCUT2D eigenvalue weighted by Gasteiger charge is -2.10. The predicted octanol–water partition coefficient (Wildman–Crippen LogP) is 2.40. The third-order valence-electron chi connectivity index (χ3n) is 2.12. The predicted molar refractivity (Wildman–Crippen MR) is 65.5 cm³/mol. The standard InChI is InChI=1S/C11H16N2O2S/c1-2-3-4-9(11(14)15)16-10-6-5-8(12)7-13-10/h5-7,9H,2-4,12H2,1H3,(H,14,15). The minimum Gasteiger partial charge on any atom is -0.480 e. The normalized spacial score (nSPS) is 12.3. The fourth-order valence-corrected chi connectivity index (χ4v) is 2.17. The molecule has 0 spiro atoms. The summed E-state index contributed by atoms with van der Waals surface area (Å²) in [5, 5.41) is 9.33. The first kappa shape index (κ1) is 12.8. The maximum Gasteiger partial charge on any atom is 0.317 e. The number of aliphatic carboxylic acids is 1. The van der Waals surface area contributed by atoms with Crippen molar-refractivity contribution in [3.8, 4) is 0 Å². The zero-order valence-electron chi connectivity index (χ0n) is 9.22. The molecule has 0 saturated carbocycles. The van der Waals surface area contributed by atoms with Crippen LogP contribution < -0.4 is 5.73 Å². The molecule has 0 aliphatic rings. The zero-order chi connectivity index (χ0) is 12.0. The Morgan fingerprint density at radius 1 is 1.62 bits per heavy atom. The first-order valence-corrected chi connectivity index (χ1v) is 6.12. The van der Waals surface area contributed by atoms with Crippen molar-refractivity contribution in [3.05, 3.63) is 18.3 Å². The topological polar surface area (TPSA) is 76.2 Å². The molecule has 88 valence electrons. The quantitative estimate of drug-likeness (QED) is 0.747. The molecule has 0 aliphatic carbocycles. The number of hydrogen-bond donors (Lipinski definition) is 2. The number of thioether (sulfide) groups is 1. The van der Waals surface area contributed by atoms with Gasteiger partial charge in [-0.25, -0.2) is 4.98 Å². The number of carboxylic acid groups (broad SMARTS) is 1. The van der Waals surface area contributed by atoms with Gasteiger partial charge in [0, 0.05) is 0 Å². The monoisotopic (exact) mass is 240 g/mol. The Morgan fingerprint density at radius 2 is 2.38 bits per heavy atom. The van der Waals surface area contributed by atoms with E-state index in [9.17, 15) is 4.79 Å². The number of rotatable bonds is 6. The number of unbranched alkanes of at least 4 members (excludes halogenated alkanes) is 1. The van der Waals surface area contributed by atoms with Gasteiger partial charge >= 0.3 is 5.97 Å². The Labute approximate surface area is 99.3 Å². The molecule has 0 aliphatic heterocycles. The molecule has 1 aromatic heterocycles. The molecule has 0 aromatic carbocycles. The second kappa shape index (κ2) is 6.37. The van der Waals surface area contributed by atoms with Gasteiger partial charge in [-0.05, 0) is 18.6 Å². The van der Waals surface area contributed by atoms with E-state index >= 15 is 0 Å². The lowest BCUT2D eigenvalue weighted by atomic mass is 10.2. The maximum atomic E-state index is 11.0. The highest BCUT2D eigenvalue weighted by atomic mass is 32.2. The van der Waals surface area contributed by atoms with E-state index in [1.807, 2.05) is 6.92 Å². The molecule has 1 heterocycles. The van der Waals surface area contributed by atoms with E-state index in [-0.39, 0.29) is 0 Å². The largest absolute Gasteiger partial charge is 0.480 e.